The molecule has 2 atom stereocenters. The number of carbonyl (C=O) groups excluding carboxylic acids is 1. The van der Waals surface area contributed by atoms with Gasteiger partial charge in [-0.3, -0.25) is 4.79 Å². The van der Waals surface area contributed by atoms with E-state index in [0.29, 0.717) is 49.3 Å². The maximum Gasteiger partial charge on any atom is 0.315 e. The molecular formula is C17H26N4O3. The number of amides is 1. The summed E-state index contributed by atoms with van der Waals surface area (Å²) in [7, 11) is 0. The molecule has 2 aliphatic carbocycles. The van der Waals surface area contributed by atoms with Crippen LogP contribution in [0, 0.1) is 24.7 Å². The second-order valence-corrected chi connectivity index (χ2v) is 7.45. The molecule has 2 bridgehead atoms. The third-order valence-corrected chi connectivity index (χ3v) is 5.96. The van der Waals surface area contributed by atoms with E-state index in [1.807, 2.05) is 11.8 Å². The number of aromatic nitrogens is 2. The lowest BCUT2D eigenvalue weighted by Gasteiger charge is -2.37. The van der Waals surface area contributed by atoms with E-state index in [9.17, 15) is 4.79 Å². The molecule has 2 heterocycles. The minimum Gasteiger partial charge on any atom is -0.408 e. The summed E-state index contributed by atoms with van der Waals surface area (Å²) in [6, 6.07) is 0.404. The van der Waals surface area contributed by atoms with Crippen LogP contribution in [0.4, 0.5) is 6.01 Å². The predicted octanol–water partition coefficient (Wildman–Crippen LogP) is 1.84. The third kappa shape index (κ3) is 2.90. The highest BCUT2D eigenvalue weighted by Gasteiger charge is 2.47. The smallest absolute Gasteiger partial charge is 0.315 e. The number of nitrogens with one attached hydrogen (secondary N) is 1. The quantitative estimate of drug-likeness (QED) is 0.905. The van der Waals surface area contributed by atoms with Gasteiger partial charge in [0.05, 0.1) is 18.8 Å². The first-order valence-corrected chi connectivity index (χ1v) is 9.09. The topological polar surface area (TPSA) is 80.5 Å². The summed E-state index contributed by atoms with van der Waals surface area (Å²) in [5, 5.41) is 11.0. The zero-order valence-electron chi connectivity index (χ0n) is 14.4. The van der Waals surface area contributed by atoms with E-state index in [2.05, 4.69) is 15.5 Å². The van der Waals surface area contributed by atoms with Crippen molar-refractivity contribution >= 4 is 11.9 Å². The number of aryl methyl sites for hydroxylation is 1. The van der Waals surface area contributed by atoms with Gasteiger partial charge in [-0.05, 0) is 44.4 Å². The minimum absolute atomic E-state index is 0.000694. The average molecular weight is 334 g/mol. The van der Waals surface area contributed by atoms with Crippen LogP contribution in [0.25, 0.3) is 0 Å². The minimum atomic E-state index is -0.0611. The van der Waals surface area contributed by atoms with E-state index in [-0.39, 0.29) is 18.1 Å². The van der Waals surface area contributed by atoms with Gasteiger partial charge in [-0.1, -0.05) is 5.10 Å². The molecule has 1 aromatic rings. The number of anilines is 1. The highest BCUT2D eigenvalue weighted by Crippen LogP contribution is 2.50. The van der Waals surface area contributed by atoms with Gasteiger partial charge >= 0.3 is 6.01 Å². The molecule has 4 rings (SSSR count). The second kappa shape index (κ2) is 6.35. The van der Waals surface area contributed by atoms with Crippen molar-refractivity contribution < 1.29 is 13.9 Å². The standard InChI is InChI=1S/C17H26N4O3/c1-10(18-17-20-19-11(2)24-17)14-9-21(7-8-23-14)16(22)15-12-3-4-13(15)6-5-12/h10,12-15H,3-9H2,1-2H3,(H,18,20). The number of rotatable bonds is 4. The molecule has 7 heteroatoms. The molecule has 132 valence electrons. The van der Waals surface area contributed by atoms with E-state index >= 15 is 0 Å². The highest BCUT2D eigenvalue weighted by molar-refractivity contribution is 5.80. The van der Waals surface area contributed by atoms with Gasteiger partial charge < -0.3 is 19.4 Å². The molecule has 3 aliphatic rings. The number of hydrogen-bond donors (Lipinski definition) is 1. The first-order chi connectivity index (χ1) is 11.6. The van der Waals surface area contributed by atoms with Gasteiger partial charge in [0.25, 0.3) is 0 Å². The largest absolute Gasteiger partial charge is 0.408 e. The van der Waals surface area contributed by atoms with E-state index in [4.69, 9.17) is 9.15 Å². The van der Waals surface area contributed by atoms with Crippen LogP contribution in [0.2, 0.25) is 0 Å². The fourth-order valence-electron chi connectivity index (χ4n) is 4.68. The van der Waals surface area contributed by atoms with Crippen LogP contribution in [0.1, 0.15) is 38.5 Å². The summed E-state index contributed by atoms with van der Waals surface area (Å²) in [6.45, 7) is 5.72. The lowest BCUT2D eigenvalue weighted by atomic mass is 9.95. The molecule has 1 aliphatic heterocycles. The van der Waals surface area contributed by atoms with Crippen LogP contribution in [0.5, 0.6) is 0 Å². The Kier molecular flexibility index (Phi) is 4.20. The Morgan fingerprint density at radius 3 is 2.58 bits per heavy atom. The molecule has 0 radical (unpaired) electrons. The van der Waals surface area contributed by atoms with Crippen LogP contribution in [0.3, 0.4) is 0 Å². The van der Waals surface area contributed by atoms with Crippen LogP contribution >= 0.6 is 0 Å². The van der Waals surface area contributed by atoms with Crippen molar-refractivity contribution in [2.45, 2.75) is 51.7 Å². The Balaban J connectivity index is 1.37. The molecular weight excluding hydrogens is 308 g/mol. The first kappa shape index (κ1) is 15.9. The number of nitrogens with zero attached hydrogens (tertiary/aromatic N) is 3. The Hall–Kier alpha value is -1.63. The Morgan fingerprint density at radius 1 is 1.25 bits per heavy atom. The van der Waals surface area contributed by atoms with Crippen molar-refractivity contribution in [1.29, 1.82) is 0 Å². The molecule has 0 aromatic carbocycles. The third-order valence-electron chi connectivity index (χ3n) is 5.96. The van der Waals surface area contributed by atoms with Gasteiger partial charge in [0, 0.05) is 25.9 Å². The van der Waals surface area contributed by atoms with Crippen molar-refractivity contribution in [1.82, 2.24) is 15.1 Å². The van der Waals surface area contributed by atoms with Gasteiger partial charge in [0.1, 0.15) is 0 Å². The van der Waals surface area contributed by atoms with Crippen molar-refractivity contribution in [3.63, 3.8) is 0 Å². The van der Waals surface area contributed by atoms with E-state index < -0.39 is 0 Å². The van der Waals surface area contributed by atoms with Crippen LogP contribution in [-0.4, -0.2) is 52.8 Å². The predicted molar refractivity (Wildman–Crippen MR) is 87.4 cm³/mol. The highest BCUT2D eigenvalue weighted by atomic mass is 16.5. The Bertz CT molecular complexity index is 584. The molecule has 1 aromatic heterocycles. The fourth-order valence-corrected chi connectivity index (χ4v) is 4.68. The lowest BCUT2D eigenvalue weighted by molar-refractivity contribution is -0.145. The van der Waals surface area contributed by atoms with E-state index in [0.717, 1.165) is 0 Å². The zero-order chi connectivity index (χ0) is 16.7. The number of hydrogen-bond acceptors (Lipinski definition) is 6. The summed E-state index contributed by atoms with van der Waals surface area (Å²) in [5.41, 5.74) is 0. The molecule has 1 N–H and O–H groups in total. The van der Waals surface area contributed by atoms with Crippen LogP contribution in [-0.2, 0) is 9.53 Å². The SMILES string of the molecule is Cc1nnc(NC(C)C2CN(C(=O)C3C4CCC3CC4)CCO2)o1. The summed E-state index contributed by atoms with van der Waals surface area (Å²) >= 11 is 0. The van der Waals surface area contributed by atoms with Gasteiger partial charge in [0.2, 0.25) is 11.8 Å². The zero-order valence-corrected chi connectivity index (χ0v) is 14.4. The van der Waals surface area contributed by atoms with E-state index in [1.54, 1.807) is 6.92 Å². The van der Waals surface area contributed by atoms with Gasteiger partial charge in [-0.2, -0.15) is 0 Å². The molecule has 2 saturated carbocycles. The number of carbonyl (C=O) groups is 1. The molecule has 1 amide bonds. The molecule has 0 spiro atoms. The van der Waals surface area contributed by atoms with Crippen LogP contribution in [0.15, 0.2) is 4.42 Å². The second-order valence-electron chi connectivity index (χ2n) is 7.45. The maximum absolute atomic E-state index is 13.0. The van der Waals surface area contributed by atoms with E-state index in [1.165, 1.54) is 25.7 Å². The summed E-state index contributed by atoms with van der Waals surface area (Å²) in [5.74, 6) is 2.41. The molecule has 1 saturated heterocycles. The lowest BCUT2D eigenvalue weighted by Crippen LogP contribution is -2.52. The summed E-state index contributed by atoms with van der Waals surface area (Å²) < 4.78 is 11.3. The van der Waals surface area contributed by atoms with Crippen molar-refractivity contribution in [2.75, 3.05) is 25.0 Å². The Morgan fingerprint density at radius 2 is 1.96 bits per heavy atom. The normalized spacial score (nSPS) is 33.7. The summed E-state index contributed by atoms with van der Waals surface area (Å²) in [6.07, 6.45) is 4.90. The molecule has 7 nitrogen and oxygen atoms in total. The Labute approximate surface area is 142 Å². The van der Waals surface area contributed by atoms with Crippen molar-refractivity contribution in [2.24, 2.45) is 17.8 Å². The average Bonchev–Trinajstić information content (AvgIpc) is 3.30. The van der Waals surface area contributed by atoms with Gasteiger partial charge in [0.15, 0.2) is 0 Å². The first-order valence-electron chi connectivity index (χ1n) is 9.09. The van der Waals surface area contributed by atoms with Crippen molar-refractivity contribution in [3.05, 3.63) is 5.89 Å². The number of morpholine rings is 1. The number of ether oxygens (including phenoxy) is 1. The monoisotopic (exact) mass is 334 g/mol. The van der Waals surface area contributed by atoms with Gasteiger partial charge in [-0.25, -0.2) is 0 Å². The number of fused-ring (bicyclic) bond motifs is 2. The maximum atomic E-state index is 13.0. The summed E-state index contributed by atoms with van der Waals surface area (Å²) in [4.78, 5) is 15.0. The van der Waals surface area contributed by atoms with Gasteiger partial charge in [-0.15, -0.1) is 5.10 Å². The van der Waals surface area contributed by atoms with Crippen LogP contribution < -0.4 is 5.32 Å². The molecule has 2 unspecified atom stereocenters. The van der Waals surface area contributed by atoms with Crippen molar-refractivity contribution in [3.8, 4) is 0 Å². The molecule has 24 heavy (non-hydrogen) atoms. The fraction of sp³-hybridized carbons (Fsp3) is 0.824. The molecule has 3 fully saturated rings.